The van der Waals surface area contributed by atoms with Crippen LogP contribution in [0.1, 0.15) is 37.1 Å². The molecule has 1 atom stereocenters. The fourth-order valence-electron chi connectivity index (χ4n) is 3.37. The van der Waals surface area contributed by atoms with Crippen molar-refractivity contribution >= 4 is 35.8 Å². The highest BCUT2D eigenvalue weighted by Gasteiger charge is 2.23. The van der Waals surface area contributed by atoms with Crippen LogP contribution in [0.25, 0.3) is 0 Å². The summed E-state index contributed by atoms with van der Waals surface area (Å²) in [5.41, 5.74) is 7.59. The topological polar surface area (TPSA) is 88.5 Å². The monoisotopic (exact) mass is 462 g/mol. The number of aromatic nitrogens is 2. The van der Waals surface area contributed by atoms with Gasteiger partial charge in [-0.3, -0.25) is 14.5 Å². The number of carbonyl (C=O) groups excluding carboxylic acids is 1. The molecule has 1 aliphatic heterocycles. The van der Waals surface area contributed by atoms with Gasteiger partial charge in [0.25, 0.3) is 0 Å². The highest BCUT2D eigenvalue weighted by Crippen LogP contribution is 2.19. The van der Waals surface area contributed by atoms with Gasteiger partial charge in [0.05, 0.1) is 5.69 Å². The molecule has 1 saturated heterocycles. The van der Waals surface area contributed by atoms with Gasteiger partial charge in [-0.15, -0.1) is 24.0 Å². The number of amides is 1. The molecule has 25 heavy (non-hydrogen) atoms. The summed E-state index contributed by atoms with van der Waals surface area (Å²) in [5.74, 6) is 1.04. The van der Waals surface area contributed by atoms with Crippen molar-refractivity contribution in [1.82, 2.24) is 20.0 Å². The summed E-state index contributed by atoms with van der Waals surface area (Å²) in [7, 11) is 1.81. The Balaban J connectivity index is 0.00000312. The van der Waals surface area contributed by atoms with E-state index in [4.69, 9.17) is 5.73 Å². The number of piperidine rings is 1. The number of primary amides is 1. The van der Waals surface area contributed by atoms with Crippen molar-refractivity contribution in [2.24, 2.45) is 16.6 Å². The van der Waals surface area contributed by atoms with Gasteiger partial charge in [-0.05, 0) is 45.1 Å². The van der Waals surface area contributed by atoms with Crippen LogP contribution < -0.4 is 11.1 Å². The van der Waals surface area contributed by atoms with Crippen LogP contribution in [0.4, 0.5) is 0 Å². The average Bonchev–Trinajstić information content (AvgIpc) is 2.85. The van der Waals surface area contributed by atoms with Gasteiger partial charge >= 0.3 is 0 Å². The molecule has 0 aliphatic carbocycles. The SMILES string of the molecule is CN=C(NCCCn1nc(C)cc1C)N1CCCC(CC(N)=O)C1.I. The van der Waals surface area contributed by atoms with Crippen molar-refractivity contribution in [3.05, 3.63) is 17.5 Å². The maximum Gasteiger partial charge on any atom is 0.217 e. The fourth-order valence-corrected chi connectivity index (χ4v) is 3.37. The molecule has 1 unspecified atom stereocenters. The molecule has 0 bridgehead atoms. The zero-order valence-electron chi connectivity index (χ0n) is 15.5. The first-order chi connectivity index (χ1) is 11.5. The van der Waals surface area contributed by atoms with Crippen molar-refractivity contribution in [2.75, 3.05) is 26.7 Å². The molecule has 8 heteroatoms. The predicted octanol–water partition coefficient (Wildman–Crippen LogP) is 1.67. The predicted molar refractivity (Wildman–Crippen MR) is 111 cm³/mol. The number of aryl methyl sites for hydroxylation is 3. The van der Waals surface area contributed by atoms with E-state index >= 15 is 0 Å². The summed E-state index contributed by atoms with van der Waals surface area (Å²) < 4.78 is 2.05. The van der Waals surface area contributed by atoms with E-state index in [1.165, 1.54) is 5.69 Å². The van der Waals surface area contributed by atoms with Crippen molar-refractivity contribution in [3.63, 3.8) is 0 Å². The lowest BCUT2D eigenvalue weighted by Crippen LogP contribution is -2.47. The van der Waals surface area contributed by atoms with E-state index < -0.39 is 0 Å². The second-order valence-corrected chi connectivity index (χ2v) is 6.60. The maximum absolute atomic E-state index is 11.1. The summed E-state index contributed by atoms with van der Waals surface area (Å²) in [5, 5.41) is 7.91. The number of hydrogen-bond donors (Lipinski definition) is 2. The first-order valence-electron chi connectivity index (χ1n) is 8.74. The molecule has 142 valence electrons. The number of halogens is 1. The number of aliphatic imine (C=N–C) groups is 1. The van der Waals surface area contributed by atoms with Crippen molar-refractivity contribution in [1.29, 1.82) is 0 Å². The van der Waals surface area contributed by atoms with Gasteiger partial charge in [0.1, 0.15) is 0 Å². The Bertz CT molecular complexity index is 586. The largest absolute Gasteiger partial charge is 0.370 e. The molecule has 1 fully saturated rings. The summed E-state index contributed by atoms with van der Waals surface area (Å²) in [6, 6.07) is 2.10. The molecule has 3 N–H and O–H groups in total. The van der Waals surface area contributed by atoms with Crippen molar-refractivity contribution in [2.45, 2.75) is 46.1 Å². The standard InChI is InChI=1S/C17H30N6O.HI/c1-13-10-14(2)23(21-13)9-5-7-20-17(19-3)22-8-4-6-15(12-22)11-16(18)24;/h10,15H,4-9,11-12H2,1-3H3,(H2,18,24)(H,19,20);1H. The number of nitrogens with two attached hydrogens (primary N) is 1. The normalized spacial score (nSPS) is 18.0. The van der Waals surface area contributed by atoms with Gasteiger partial charge in [-0.1, -0.05) is 0 Å². The lowest BCUT2D eigenvalue weighted by atomic mass is 9.95. The third-order valence-electron chi connectivity index (χ3n) is 4.45. The molecule has 7 nitrogen and oxygen atoms in total. The number of guanidine groups is 1. The minimum atomic E-state index is -0.213. The first-order valence-corrected chi connectivity index (χ1v) is 8.74. The lowest BCUT2D eigenvalue weighted by Gasteiger charge is -2.34. The van der Waals surface area contributed by atoms with Gasteiger partial charge < -0.3 is 16.0 Å². The van der Waals surface area contributed by atoms with Crippen LogP contribution in [0.2, 0.25) is 0 Å². The number of likely N-dealkylation sites (tertiary alicyclic amines) is 1. The van der Waals surface area contributed by atoms with E-state index in [-0.39, 0.29) is 29.9 Å². The number of nitrogens with zero attached hydrogens (tertiary/aromatic N) is 4. The molecule has 0 spiro atoms. The van der Waals surface area contributed by atoms with Crippen LogP contribution in [-0.4, -0.2) is 53.2 Å². The van der Waals surface area contributed by atoms with Crippen molar-refractivity contribution < 1.29 is 4.79 Å². The molecule has 0 saturated carbocycles. The number of rotatable bonds is 6. The van der Waals surface area contributed by atoms with Crippen LogP contribution in [-0.2, 0) is 11.3 Å². The molecule has 0 aromatic carbocycles. The average molecular weight is 462 g/mol. The Hall–Kier alpha value is -1.32. The number of hydrogen-bond acceptors (Lipinski definition) is 3. The highest BCUT2D eigenvalue weighted by molar-refractivity contribution is 14.0. The van der Waals surface area contributed by atoms with E-state index in [2.05, 4.69) is 33.3 Å². The van der Waals surface area contributed by atoms with E-state index in [0.29, 0.717) is 12.3 Å². The minimum absolute atomic E-state index is 0. The number of carbonyl (C=O) groups is 1. The van der Waals surface area contributed by atoms with Gasteiger partial charge in [0.2, 0.25) is 5.91 Å². The van der Waals surface area contributed by atoms with Crippen LogP contribution in [0.5, 0.6) is 0 Å². The Labute approximate surface area is 167 Å². The van der Waals surface area contributed by atoms with Gasteiger partial charge in [-0.2, -0.15) is 5.10 Å². The van der Waals surface area contributed by atoms with E-state index in [9.17, 15) is 4.79 Å². The lowest BCUT2D eigenvalue weighted by molar-refractivity contribution is -0.119. The van der Waals surface area contributed by atoms with Crippen LogP contribution in [0.15, 0.2) is 11.1 Å². The maximum atomic E-state index is 11.1. The highest BCUT2D eigenvalue weighted by atomic mass is 127. The molecule has 0 radical (unpaired) electrons. The zero-order valence-corrected chi connectivity index (χ0v) is 17.8. The fraction of sp³-hybridized carbons (Fsp3) is 0.706. The van der Waals surface area contributed by atoms with Crippen LogP contribution >= 0.6 is 24.0 Å². The quantitative estimate of drug-likeness (QED) is 0.292. The molecule has 1 aromatic rings. The Morgan fingerprint density at radius 3 is 2.84 bits per heavy atom. The van der Waals surface area contributed by atoms with Crippen LogP contribution in [0, 0.1) is 19.8 Å². The molecule has 1 amide bonds. The van der Waals surface area contributed by atoms with Gasteiger partial charge in [0.15, 0.2) is 5.96 Å². The number of nitrogens with one attached hydrogen (secondary N) is 1. The second-order valence-electron chi connectivity index (χ2n) is 6.60. The Morgan fingerprint density at radius 2 is 2.24 bits per heavy atom. The molecular weight excluding hydrogens is 431 g/mol. The van der Waals surface area contributed by atoms with Crippen molar-refractivity contribution in [3.8, 4) is 0 Å². The molecule has 2 heterocycles. The smallest absolute Gasteiger partial charge is 0.217 e. The Kier molecular flexibility index (Phi) is 9.23. The molecular formula is C17H31IN6O. The second kappa shape index (κ2) is 10.6. The van der Waals surface area contributed by atoms with E-state index in [1.54, 1.807) is 7.05 Å². The van der Waals surface area contributed by atoms with Gasteiger partial charge in [0, 0.05) is 45.3 Å². The summed E-state index contributed by atoms with van der Waals surface area (Å²) in [4.78, 5) is 17.8. The first kappa shape index (κ1) is 21.7. The third-order valence-corrected chi connectivity index (χ3v) is 4.45. The van der Waals surface area contributed by atoms with E-state index in [0.717, 1.165) is 57.1 Å². The minimum Gasteiger partial charge on any atom is -0.370 e. The zero-order chi connectivity index (χ0) is 17.5. The molecule has 1 aromatic heterocycles. The molecule has 1 aliphatic rings. The summed E-state index contributed by atoms with van der Waals surface area (Å²) >= 11 is 0. The third kappa shape index (κ3) is 6.83. The summed E-state index contributed by atoms with van der Waals surface area (Å²) in [6.07, 6.45) is 3.59. The van der Waals surface area contributed by atoms with E-state index in [1.807, 2.05) is 11.6 Å². The molecule has 2 rings (SSSR count). The van der Waals surface area contributed by atoms with Gasteiger partial charge in [-0.25, -0.2) is 0 Å². The Morgan fingerprint density at radius 1 is 1.48 bits per heavy atom. The van der Waals surface area contributed by atoms with Crippen LogP contribution in [0.3, 0.4) is 0 Å². The summed E-state index contributed by atoms with van der Waals surface area (Å²) in [6.45, 7) is 7.67.